The van der Waals surface area contributed by atoms with E-state index < -0.39 is 0 Å². The molecule has 0 saturated heterocycles. The van der Waals surface area contributed by atoms with Gasteiger partial charge in [0, 0.05) is 5.02 Å². The Morgan fingerprint density at radius 3 is 2.45 bits per heavy atom. The first kappa shape index (κ1) is 8.15. The van der Waals surface area contributed by atoms with Crippen LogP contribution in [0.1, 0.15) is 5.56 Å². The van der Waals surface area contributed by atoms with Gasteiger partial charge in [0.25, 0.3) is 0 Å². The van der Waals surface area contributed by atoms with Crippen molar-refractivity contribution in [2.24, 2.45) is 0 Å². The van der Waals surface area contributed by atoms with Crippen LogP contribution in [0.3, 0.4) is 0 Å². The molecule has 0 amide bonds. The van der Waals surface area contributed by atoms with Gasteiger partial charge in [-0.25, -0.2) is 0 Å². The number of hydrogen-bond donors (Lipinski definition) is 0. The van der Waals surface area contributed by atoms with Gasteiger partial charge in [-0.15, -0.1) is 0 Å². The van der Waals surface area contributed by atoms with Crippen LogP contribution in [-0.2, 0) is 11.5 Å². The minimum absolute atomic E-state index is 0.681. The molecule has 57 valence electrons. The van der Waals surface area contributed by atoms with E-state index >= 15 is 0 Å². The number of hydrogen-bond acceptors (Lipinski definition) is 0. The molecule has 1 rings (SSSR count). The minimum Gasteiger partial charge on any atom is -0.299 e. The molecule has 0 aliphatic carbocycles. The molecule has 1 radical (unpaired) electrons. The van der Waals surface area contributed by atoms with Gasteiger partial charge in [-0.2, -0.15) is 0 Å². The molecule has 0 saturated carbocycles. The van der Waals surface area contributed by atoms with Crippen molar-refractivity contribution in [1.29, 1.82) is 0 Å². The molecule has 0 spiro atoms. The normalized spacial score (nSPS) is 10.6. The first-order chi connectivity index (χ1) is 5.33. The zero-order valence-corrected chi connectivity index (χ0v) is 6.71. The van der Waals surface area contributed by atoms with Crippen molar-refractivity contribution in [1.82, 2.24) is 0 Å². The second kappa shape index (κ2) is 4.04. The summed E-state index contributed by atoms with van der Waals surface area (Å²) in [5, 5.41) is 10.7. The average molecular weight is 168 g/mol. The lowest BCUT2D eigenvalue weighted by molar-refractivity contribution is 0.350. The molecule has 2 heteroatoms. The Morgan fingerprint density at radius 1 is 1.27 bits per heavy atom. The third-order valence-corrected chi connectivity index (χ3v) is 1.62. The third-order valence-electron chi connectivity index (χ3n) is 1.36. The van der Waals surface area contributed by atoms with Crippen LogP contribution in [0.15, 0.2) is 36.6 Å². The fourth-order valence-corrected chi connectivity index (χ4v) is 0.931. The van der Waals surface area contributed by atoms with Crippen LogP contribution in [0.5, 0.6) is 0 Å². The van der Waals surface area contributed by atoms with E-state index in [1.165, 1.54) is 0 Å². The lowest BCUT2D eigenvalue weighted by Crippen LogP contribution is -1.78. The zero-order chi connectivity index (χ0) is 8.10. The Hall–Kier alpha value is -0.950. The summed E-state index contributed by atoms with van der Waals surface area (Å²) in [4.78, 5) is 0. The number of allylic oxidation sites excluding steroid dienone is 1. The second-order valence-corrected chi connectivity index (χ2v) is 2.64. The van der Waals surface area contributed by atoms with Gasteiger partial charge in [-0.05, 0) is 30.2 Å². The van der Waals surface area contributed by atoms with Crippen LogP contribution in [-0.4, -0.2) is 0 Å². The molecule has 0 heterocycles. The minimum atomic E-state index is 0.681. The van der Waals surface area contributed by atoms with E-state index in [-0.39, 0.29) is 0 Å². The van der Waals surface area contributed by atoms with E-state index in [4.69, 9.17) is 11.6 Å². The maximum absolute atomic E-state index is 9.96. The van der Waals surface area contributed by atoms with Gasteiger partial charge in [0.1, 0.15) is 6.26 Å². The van der Waals surface area contributed by atoms with Gasteiger partial charge in [0.15, 0.2) is 0 Å². The predicted molar refractivity (Wildman–Crippen MR) is 45.0 cm³/mol. The van der Waals surface area contributed by atoms with Crippen molar-refractivity contribution in [3.05, 3.63) is 47.2 Å². The summed E-state index contributed by atoms with van der Waals surface area (Å²) in [6.45, 7) is 0. The van der Waals surface area contributed by atoms with Crippen molar-refractivity contribution in [3.8, 4) is 0 Å². The highest BCUT2D eigenvalue weighted by Crippen LogP contribution is 2.09. The van der Waals surface area contributed by atoms with Crippen molar-refractivity contribution in [2.45, 2.75) is 6.42 Å². The largest absolute Gasteiger partial charge is 0.299 e. The molecular formula is C9H8ClO. The zero-order valence-electron chi connectivity index (χ0n) is 5.96. The molecule has 0 unspecified atom stereocenters. The summed E-state index contributed by atoms with van der Waals surface area (Å²) in [6.07, 6.45) is 3.05. The molecule has 0 bridgehead atoms. The molecule has 1 aromatic rings. The fourth-order valence-electron chi connectivity index (χ4n) is 0.805. The van der Waals surface area contributed by atoms with E-state index in [2.05, 4.69) is 0 Å². The quantitative estimate of drug-likeness (QED) is 0.604. The summed E-state index contributed by atoms with van der Waals surface area (Å²) < 4.78 is 0. The van der Waals surface area contributed by atoms with E-state index in [0.717, 1.165) is 16.8 Å². The molecule has 1 nitrogen and oxygen atoms in total. The summed E-state index contributed by atoms with van der Waals surface area (Å²) in [7, 11) is 0. The van der Waals surface area contributed by atoms with Crippen LogP contribution >= 0.6 is 11.6 Å². The summed E-state index contributed by atoms with van der Waals surface area (Å²) in [6, 6.07) is 7.44. The monoisotopic (exact) mass is 167 g/mol. The maximum atomic E-state index is 9.96. The molecular weight excluding hydrogens is 160 g/mol. The van der Waals surface area contributed by atoms with Crippen LogP contribution in [0.4, 0.5) is 0 Å². The first-order valence-corrected chi connectivity index (χ1v) is 3.72. The average Bonchev–Trinajstić information content (AvgIpc) is 2.04. The van der Waals surface area contributed by atoms with Gasteiger partial charge in [-0.1, -0.05) is 23.7 Å². The Morgan fingerprint density at radius 2 is 1.91 bits per heavy atom. The molecule has 0 aliphatic rings. The molecule has 0 aromatic heterocycles. The molecule has 11 heavy (non-hydrogen) atoms. The SMILES string of the molecule is [O]/C=C\Cc1ccc(Cl)cc1. The molecule has 0 fully saturated rings. The van der Waals surface area contributed by atoms with Gasteiger partial charge in [0.2, 0.25) is 0 Å². The molecule has 0 atom stereocenters. The number of halogens is 1. The Kier molecular flexibility index (Phi) is 2.99. The van der Waals surface area contributed by atoms with Crippen molar-refractivity contribution >= 4 is 11.6 Å². The van der Waals surface area contributed by atoms with Crippen molar-refractivity contribution in [3.63, 3.8) is 0 Å². The lowest BCUT2D eigenvalue weighted by Gasteiger charge is -1.94. The first-order valence-electron chi connectivity index (χ1n) is 3.34. The van der Waals surface area contributed by atoms with Gasteiger partial charge < -0.3 is 0 Å². The van der Waals surface area contributed by atoms with E-state index in [1.807, 2.05) is 24.3 Å². The molecule has 1 aromatic carbocycles. The summed E-state index contributed by atoms with van der Waals surface area (Å²) in [5.41, 5.74) is 1.10. The summed E-state index contributed by atoms with van der Waals surface area (Å²) in [5.74, 6) is 0. The van der Waals surface area contributed by atoms with E-state index in [1.54, 1.807) is 6.08 Å². The smallest absolute Gasteiger partial charge is 0.139 e. The van der Waals surface area contributed by atoms with Crippen LogP contribution in [0.25, 0.3) is 0 Å². The highest BCUT2D eigenvalue weighted by Gasteiger charge is 1.88. The summed E-state index contributed by atoms with van der Waals surface area (Å²) >= 11 is 5.67. The van der Waals surface area contributed by atoms with Gasteiger partial charge in [0.05, 0.1) is 0 Å². The standard InChI is InChI=1S/C9H8ClO/c10-9-5-3-8(4-6-9)2-1-7-11/h1,3-7H,2H2/b7-1-. The van der Waals surface area contributed by atoms with Crippen LogP contribution in [0.2, 0.25) is 5.02 Å². The van der Waals surface area contributed by atoms with Crippen molar-refractivity contribution in [2.75, 3.05) is 0 Å². The van der Waals surface area contributed by atoms with Gasteiger partial charge >= 0.3 is 0 Å². The third kappa shape index (κ3) is 2.64. The second-order valence-electron chi connectivity index (χ2n) is 2.20. The molecule has 0 aliphatic heterocycles. The predicted octanol–water partition coefficient (Wildman–Crippen LogP) is 2.83. The lowest BCUT2D eigenvalue weighted by atomic mass is 10.1. The fraction of sp³-hybridized carbons (Fsp3) is 0.111. The van der Waals surface area contributed by atoms with E-state index in [0.29, 0.717) is 6.42 Å². The number of benzene rings is 1. The van der Waals surface area contributed by atoms with Crippen LogP contribution in [0, 0.1) is 0 Å². The maximum Gasteiger partial charge on any atom is 0.139 e. The Balaban J connectivity index is 2.66. The Bertz CT molecular complexity index is 238. The van der Waals surface area contributed by atoms with Crippen LogP contribution < -0.4 is 0 Å². The van der Waals surface area contributed by atoms with Crippen molar-refractivity contribution < 1.29 is 5.11 Å². The van der Waals surface area contributed by atoms with Gasteiger partial charge in [-0.3, -0.25) is 5.11 Å². The topological polar surface area (TPSA) is 19.9 Å². The Labute approximate surface area is 70.9 Å². The highest BCUT2D eigenvalue weighted by atomic mass is 35.5. The highest BCUT2D eigenvalue weighted by molar-refractivity contribution is 6.30. The van der Waals surface area contributed by atoms with E-state index in [9.17, 15) is 5.11 Å². The molecule has 0 N–H and O–H groups in total. The number of rotatable bonds is 2.